The summed E-state index contributed by atoms with van der Waals surface area (Å²) in [5.41, 5.74) is 0.559. The van der Waals surface area contributed by atoms with Gasteiger partial charge in [0.15, 0.2) is 9.84 Å². The molecule has 1 saturated carbocycles. The molecule has 1 fully saturated rings. The van der Waals surface area contributed by atoms with E-state index in [1.54, 1.807) is 13.8 Å². The van der Waals surface area contributed by atoms with Crippen LogP contribution >= 0.6 is 11.6 Å². The van der Waals surface area contributed by atoms with Gasteiger partial charge in [-0.25, -0.2) is 13.2 Å². The van der Waals surface area contributed by atoms with Gasteiger partial charge in [0.25, 0.3) is 5.56 Å². The highest BCUT2D eigenvalue weighted by Gasteiger charge is 2.37. The largest absolute Gasteiger partial charge is 0.490 e. The summed E-state index contributed by atoms with van der Waals surface area (Å²) in [7, 11) is -3.77. The third-order valence-corrected chi connectivity index (χ3v) is 7.44. The molecule has 0 amide bonds. The Morgan fingerprint density at radius 3 is 2.58 bits per heavy atom. The van der Waals surface area contributed by atoms with Gasteiger partial charge in [-0.05, 0) is 51.3 Å². The van der Waals surface area contributed by atoms with Gasteiger partial charge in [-0.3, -0.25) is 4.79 Å². The summed E-state index contributed by atoms with van der Waals surface area (Å²) in [6.45, 7) is 6.34. The molecule has 1 aliphatic carbocycles. The van der Waals surface area contributed by atoms with Crippen molar-refractivity contribution in [3.05, 3.63) is 44.7 Å². The van der Waals surface area contributed by atoms with Crippen LogP contribution in [0, 0.1) is 0 Å². The number of pyridine rings is 1. The predicted octanol–water partition coefficient (Wildman–Crippen LogP) is 3.77. The molecule has 2 heterocycles. The van der Waals surface area contributed by atoms with Crippen molar-refractivity contribution in [3.63, 3.8) is 0 Å². The Hall–Kier alpha value is -2.36. The summed E-state index contributed by atoms with van der Waals surface area (Å²) in [5.74, 6) is -0.865. The zero-order valence-electron chi connectivity index (χ0n) is 18.7. The van der Waals surface area contributed by atoms with Crippen LogP contribution in [0.2, 0.25) is 5.02 Å². The van der Waals surface area contributed by atoms with Gasteiger partial charge in [0.2, 0.25) is 0 Å². The topological polar surface area (TPSA) is 101 Å². The van der Waals surface area contributed by atoms with Crippen LogP contribution < -0.4 is 10.3 Å². The summed E-state index contributed by atoms with van der Waals surface area (Å²) < 4.78 is 44.0. The first-order valence-corrected chi connectivity index (χ1v) is 12.9. The van der Waals surface area contributed by atoms with E-state index in [2.05, 4.69) is 0 Å². The van der Waals surface area contributed by atoms with Gasteiger partial charge < -0.3 is 18.8 Å². The first-order valence-electron chi connectivity index (χ1n) is 10.9. The highest BCUT2D eigenvalue weighted by molar-refractivity contribution is 7.90. The molecule has 178 valence electrons. The van der Waals surface area contributed by atoms with E-state index >= 15 is 0 Å². The first-order chi connectivity index (χ1) is 15.6. The van der Waals surface area contributed by atoms with Crippen LogP contribution in [0.5, 0.6) is 5.75 Å². The van der Waals surface area contributed by atoms with E-state index < -0.39 is 27.5 Å². The second-order valence-electron chi connectivity index (χ2n) is 8.38. The number of aromatic nitrogens is 1. The van der Waals surface area contributed by atoms with Crippen molar-refractivity contribution < 1.29 is 27.4 Å². The normalized spacial score (nSPS) is 16.3. The third kappa shape index (κ3) is 4.67. The SMILES string of the molecule is CCOCCOc1cc2c(cc1Cl)-c1c(cc(C(=O)OC(C)C)c(=O)n1C1CC1)CS2(=O)=O. The smallest absolute Gasteiger partial charge is 0.344 e. The Bertz CT molecular complexity index is 1260. The summed E-state index contributed by atoms with van der Waals surface area (Å²) in [6.07, 6.45) is 1.12. The van der Waals surface area contributed by atoms with Crippen molar-refractivity contribution in [1.29, 1.82) is 0 Å². The molecule has 1 aliphatic heterocycles. The van der Waals surface area contributed by atoms with Gasteiger partial charge in [0.05, 0.1) is 34.1 Å². The van der Waals surface area contributed by atoms with Crippen LogP contribution in [0.4, 0.5) is 0 Å². The van der Waals surface area contributed by atoms with E-state index in [1.165, 1.54) is 22.8 Å². The molecule has 8 nitrogen and oxygen atoms in total. The second kappa shape index (κ2) is 9.12. The van der Waals surface area contributed by atoms with Gasteiger partial charge in [0, 0.05) is 24.3 Å². The van der Waals surface area contributed by atoms with Crippen LogP contribution in [0.1, 0.15) is 55.6 Å². The van der Waals surface area contributed by atoms with Crippen molar-refractivity contribution in [3.8, 4) is 17.0 Å². The fourth-order valence-electron chi connectivity index (χ4n) is 3.93. The van der Waals surface area contributed by atoms with Crippen molar-refractivity contribution in [1.82, 2.24) is 4.57 Å². The van der Waals surface area contributed by atoms with Crippen molar-refractivity contribution >= 4 is 27.4 Å². The van der Waals surface area contributed by atoms with Gasteiger partial charge in [0.1, 0.15) is 17.9 Å². The van der Waals surface area contributed by atoms with Gasteiger partial charge in [-0.2, -0.15) is 0 Å². The number of sulfone groups is 1. The minimum atomic E-state index is -3.77. The molecule has 10 heteroatoms. The molecule has 0 atom stereocenters. The molecule has 0 unspecified atom stereocenters. The van der Waals surface area contributed by atoms with Crippen molar-refractivity contribution in [2.24, 2.45) is 0 Å². The molecular formula is C23H26ClNO7S. The molecule has 0 bridgehead atoms. The number of nitrogens with zero attached hydrogens (tertiary/aromatic N) is 1. The molecule has 0 radical (unpaired) electrons. The Balaban J connectivity index is 1.87. The maximum Gasteiger partial charge on any atom is 0.344 e. The molecule has 4 rings (SSSR count). The van der Waals surface area contributed by atoms with Gasteiger partial charge >= 0.3 is 5.97 Å². The lowest BCUT2D eigenvalue weighted by Crippen LogP contribution is -2.32. The molecule has 0 N–H and O–H groups in total. The summed E-state index contributed by atoms with van der Waals surface area (Å²) in [4.78, 5) is 25.9. The number of hydrogen-bond donors (Lipinski definition) is 0. The number of hydrogen-bond acceptors (Lipinski definition) is 7. The molecule has 0 spiro atoms. The third-order valence-electron chi connectivity index (χ3n) is 5.45. The highest BCUT2D eigenvalue weighted by atomic mass is 35.5. The molecule has 2 aliphatic rings. The maximum absolute atomic E-state index is 13.3. The van der Waals surface area contributed by atoms with Crippen LogP contribution in [0.3, 0.4) is 0 Å². The average Bonchev–Trinajstić information content (AvgIpc) is 3.56. The molecule has 1 aromatic heterocycles. The first kappa shape index (κ1) is 23.8. The van der Waals surface area contributed by atoms with E-state index in [1.807, 2.05) is 6.92 Å². The lowest BCUT2D eigenvalue weighted by Gasteiger charge is -2.26. The van der Waals surface area contributed by atoms with Crippen LogP contribution in [-0.4, -0.2) is 44.9 Å². The fourth-order valence-corrected chi connectivity index (χ4v) is 5.71. The van der Waals surface area contributed by atoms with Crippen molar-refractivity contribution in [2.45, 2.75) is 56.4 Å². The lowest BCUT2D eigenvalue weighted by molar-refractivity contribution is 0.0375. The summed E-state index contributed by atoms with van der Waals surface area (Å²) >= 11 is 6.44. The average molecular weight is 496 g/mol. The monoisotopic (exact) mass is 495 g/mol. The van der Waals surface area contributed by atoms with Crippen LogP contribution in [-0.2, 0) is 25.1 Å². The molecular weight excluding hydrogens is 470 g/mol. The number of esters is 1. The Morgan fingerprint density at radius 2 is 1.94 bits per heavy atom. The summed E-state index contributed by atoms with van der Waals surface area (Å²) in [5, 5.41) is 0.228. The second-order valence-corrected chi connectivity index (χ2v) is 10.7. The molecule has 2 aromatic rings. The fraction of sp³-hybridized carbons (Fsp3) is 0.478. The van der Waals surface area contributed by atoms with Crippen molar-refractivity contribution in [2.75, 3.05) is 19.8 Å². The van der Waals surface area contributed by atoms with E-state index in [4.69, 9.17) is 25.8 Å². The number of benzene rings is 1. The van der Waals surface area contributed by atoms with E-state index in [0.29, 0.717) is 30.0 Å². The quantitative estimate of drug-likeness (QED) is 0.406. The Kier molecular flexibility index (Phi) is 6.57. The molecule has 1 aromatic carbocycles. The number of carbonyl (C=O) groups excluding carboxylic acids is 1. The van der Waals surface area contributed by atoms with E-state index in [-0.39, 0.29) is 39.6 Å². The molecule has 0 saturated heterocycles. The zero-order chi connectivity index (χ0) is 23.9. The van der Waals surface area contributed by atoms with Gasteiger partial charge in [-0.1, -0.05) is 11.6 Å². The number of ether oxygens (including phenoxy) is 3. The lowest BCUT2D eigenvalue weighted by atomic mass is 10.0. The van der Waals surface area contributed by atoms with E-state index in [9.17, 15) is 18.0 Å². The minimum absolute atomic E-state index is 0.0529. The molecule has 33 heavy (non-hydrogen) atoms. The highest BCUT2D eigenvalue weighted by Crippen LogP contribution is 2.46. The Morgan fingerprint density at radius 1 is 1.21 bits per heavy atom. The maximum atomic E-state index is 13.3. The summed E-state index contributed by atoms with van der Waals surface area (Å²) in [6, 6.07) is 4.17. The Labute approximate surface area is 197 Å². The van der Waals surface area contributed by atoms with Crippen LogP contribution in [0.15, 0.2) is 27.9 Å². The number of fused-ring (bicyclic) bond motifs is 3. The zero-order valence-corrected chi connectivity index (χ0v) is 20.3. The standard InChI is InChI=1S/C23H26ClNO7S/c1-4-30-7-8-31-19-11-20-16(10-18(19)24)21-14(12-33(20,28)29)9-17(23(27)32-13(2)3)22(26)25(21)15-5-6-15/h9-11,13,15H,4-8,12H2,1-3H3. The van der Waals surface area contributed by atoms with Gasteiger partial charge in [-0.15, -0.1) is 0 Å². The van der Waals surface area contributed by atoms with E-state index in [0.717, 1.165) is 12.8 Å². The number of halogens is 1. The number of carbonyl (C=O) groups is 1. The predicted molar refractivity (Wildman–Crippen MR) is 123 cm³/mol. The number of rotatable bonds is 8. The van der Waals surface area contributed by atoms with Crippen LogP contribution in [0.25, 0.3) is 11.3 Å². The minimum Gasteiger partial charge on any atom is -0.490 e.